The van der Waals surface area contributed by atoms with E-state index in [-0.39, 0.29) is 5.91 Å². The summed E-state index contributed by atoms with van der Waals surface area (Å²) in [4.78, 5) is 16.1. The summed E-state index contributed by atoms with van der Waals surface area (Å²) in [5.74, 6) is 5.32. The van der Waals surface area contributed by atoms with Crippen LogP contribution in [-0.2, 0) is 6.54 Å². The molecule has 0 fully saturated rings. The SMILES string of the molecule is NCC#Cc1ccc(C(=O)NCc2ccccc2Cl)nc1. The Morgan fingerprint density at radius 2 is 2.10 bits per heavy atom. The summed E-state index contributed by atoms with van der Waals surface area (Å²) in [6.45, 7) is 0.648. The maximum atomic E-state index is 12.0. The standard InChI is InChI=1S/C16H14ClN3O/c17-14-6-2-1-5-13(14)11-20-16(21)15-8-7-12(10-19-15)4-3-9-18/h1-2,5-8,10H,9,11,18H2,(H,20,21). The number of carbonyl (C=O) groups excluding carboxylic acids is 1. The highest BCUT2D eigenvalue weighted by atomic mass is 35.5. The van der Waals surface area contributed by atoms with Gasteiger partial charge in [0.2, 0.25) is 0 Å². The Balaban J connectivity index is 1.99. The van der Waals surface area contributed by atoms with Crippen molar-refractivity contribution in [1.82, 2.24) is 10.3 Å². The lowest BCUT2D eigenvalue weighted by atomic mass is 10.2. The van der Waals surface area contributed by atoms with E-state index >= 15 is 0 Å². The van der Waals surface area contributed by atoms with Crippen LogP contribution in [-0.4, -0.2) is 17.4 Å². The molecule has 0 saturated carbocycles. The normalized spacial score (nSPS) is 9.62. The number of nitrogens with two attached hydrogens (primary N) is 1. The molecule has 0 aliphatic heterocycles. The minimum atomic E-state index is -0.256. The molecule has 1 aromatic carbocycles. The number of rotatable bonds is 3. The molecule has 1 amide bonds. The first-order valence-corrected chi connectivity index (χ1v) is 6.75. The van der Waals surface area contributed by atoms with Gasteiger partial charge in [-0.1, -0.05) is 41.6 Å². The maximum absolute atomic E-state index is 12.0. The molecule has 2 rings (SSSR count). The van der Waals surface area contributed by atoms with Crippen LogP contribution < -0.4 is 11.1 Å². The highest BCUT2D eigenvalue weighted by Crippen LogP contribution is 2.14. The third-order valence-electron chi connectivity index (χ3n) is 2.73. The van der Waals surface area contributed by atoms with Crippen LogP contribution in [0.5, 0.6) is 0 Å². The fourth-order valence-electron chi connectivity index (χ4n) is 1.66. The summed E-state index contributed by atoms with van der Waals surface area (Å²) in [6.07, 6.45) is 1.55. The van der Waals surface area contributed by atoms with Crippen LogP contribution in [0.2, 0.25) is 5.02 Å². The number of hydrogen-bond acceptors (Lipinski definition) is 3. The van der Waals surface area contributed by atoms with E-state index in [2.05, 4.69) is 22.1 Å². The van der Waals surface area contributed by atoms with Gasteiger partial charge in [-0.2, -0.15) is 0 Å². The molecule has 0 aliphatic carbocycles. The van der Waals surface area contributed by atoms with Crippen LogP contribution in [0, 0.1) is 11.8 Å². The number of aromatic nitrogens is 1. The number of amides is 1. The Labute approximate surface area is 128 Å². The minimum absolute atomic E-state index is 0.256. The van der Waals surface area contributed by atoms with E-state index < -0.39 is 0 Å². The number of pyridine rings is 1. The average Bonchev–Trinajstić information content (AvgIpc) is 2.52. The first-order valence-electron chi connectivity index (χ1n) is 6.37. The second kappa shape index (κ2) is 7.44. The van der Waals surface area contributed by atoms with Gasteiger partial charge in [0.1, 0.15) is 5.69 Å². The Morgan fingerprint density at radius 1 is 1.29 bits per heavy atom. The van der Waals surface area contributed by atoms with Gasteiger partial charge in [0.15, 0.2) is 0 Å². The van der Waals surface area contributed by atoms with Crippen LogP contribution in [0.4, 0.5) is 0 Å². The van der Waals surface area contributed by atoms with Crippen LogP contribution in [0.1, 0.15) is 21.6 Å². The smallest absolute Gasteiger partial charge is 0.270 e. The van der Waals surface area contributed by atoms with Crippen molar-refractivity contribution in [2.75, 3.05) is 6.54 Å². The molecule has 0 unspecified atom stereocenters. The van der Waals surface area contributed by atoms with Crippen molar-refractivity contribution < 1.29 is 4.79 Å². The topological polar surface area (TPSA) is 68.0 Å². The summed E-state index contributed by atoms with van der Waals surface area (Å²) < 4.78 is 0. The van der Waals surface area contributed by atoms with Crippen molar-refractivity contribution >= 4 is 17.5 Å². The van der Waals surface area contributed by atoms with Crippen molar-refractivity contribution in [3.63, 3.8) is 0 Å². The largest absolute Gasteiger partial charge is 0.347 e. The average molecular weight is 300 g/mol. The number of hydrogen-bond donors (Lipinski definition) is 2. The number of nitrogens with zero attached hydrogens (tertiary/aromatic N) is 1. The first-order chi connectivity index (χ1) is 10.2. The fraction of sp³-hybridized carbons (Fsp3) is 0.125. The van der Waals surface area contributed by atoms with Gasteiger partial charge < -0.3 is 11.1 Å². The molecule has 0 radical (unpaired) electrons. The van der Waals surface area contributed by atoms with Crippen molar-refractivity contribution in [2.45, 2.75) is 6.54 Å². The summed E-state index contributed by atoms with van der Waals surface area (Å²) in [5, 5.41) is 3.40. The molecule has 1 heterocycles. The van der Waals surface area contributed by atoms with E-state index in [0.717, 1.165) is 11.1 Å². The van der Waals surface area contributed by atoms with Gasteiger partial charge in [-0.25, -0.2) is 4.98 Å². The predicted molar refractivity (Wildman–Crippen MR) is 82.8 cm³/mol. The van der Waals surface area contributed by atoms with Crippen LogP contribution in [0.15, 0.2) is 42.6 Å². The molecular weight excluding hydrogens is 286 g/mol. The fourth-order valence-corrected chi connectivity index (χ4v) is 1.87. The molecule has 1 aromatic heterocycles. The van der Waals surface area contributed by atoms with Crippen molar-refractivity contribution in [3.05, 3.63) is 64.4 Å². The van der Waals surface area contributed by atoms with Gasteiger partial charge in [0, 0.05) is 23.3 Å². The monoisotopic (exact) mass is 299 g/mol. The zero-order chi connectivity index (χ0) is 15.1. The molecule has 106 valence electrons. The third kappa shape index (κ3) is 4.32. The molecule has 4 nitrogen and oxygen atoms in total. The molecule has 3 N–H and O–H groups in total. The molecule has 0 saturated heterocycles. The zero-order valence-electron chi connectivity index (χ0n) is 11.3. The zero-order valence-corrected chi connectivity index (χ0v) is 12.0. The van der Waals surface area contributed by atoms with Crippen molar-refractivity contribution in [3.8, 4) is 11.8 Å². The van der Waals surface area contributed by atoms with E-state index in [9.17, 15) is 4.79 Å². The molecular formula is C16H14ClN3O. The third-order valence-corrected chi connectivity index (χ3v) is 3.10. The quantitative estimate of drug-likeness (QED) is 0.852. The second-order valence-corrected chi connectivity index (χ2v) is 4.62. The molecule has 0 aliphatic rings. The second-order valence-electron chi connectivity index (χ2n) is 4.21. The molecule has 5 heteroatoms. The van der Waals surface area contributed by atoms with Gasteiger partial charge in [0.05, 0.1) is 6.54 Å². The Morgan fingerprint density at radius 3 is 2.76 bits per heavy atom. The van der Waals surface area contributed by atoms with Gasteiger partial charge in [-0.05, 0) is 23.8 Å². The number of benzene rings is 1. The highest BCUT2D eigenvalue weighted by molar-refractivity contribution is 6.31. The minimum Gasteiger partial charge on any atom is -0.347 e. The number of halogens is 1. The van der Waals surface area contributed by atoms with E-state index in [0.29, 0.717) is 23.8 Å². The summed E-state index contributed by atoms with van der Waals surface area (Å²) in [7, 11) is 0. The first kappa shape index (κ1) is 15.0. The Bertz CT molecular complexity index is 687. The Hall–Kier alpha value is -2.35. The summed E-state index contributed by atoms with van der Waals surface area (Å²) in [5.41, 5.74) is 7.21. The van der Waals surface area contributed by atoms with Crippen LogP contribution in [0.25, 0.3) is 0 Å². The van der Waals surface area contributed by atoms with Crippen LogP contribution >= 0.6 is 11.6 Å². The van der Waals surface area contributed by atoms with Gasteiger partial charge in [0.25, 0.3) is 5.91 Å². The van der Waals surface area contributed by atoms with Crippen LogP contribution in [0.3, 0.4) is 0 Å². The molecule has 21 heavy (non-hydrogen) atoms. The van der Waals surface area contributed by atoms with Gasteiger partial charge >= 0.3 is 0 Å². The lowest BCUT2D eigenvalue weighted by molar-refractivity contribution is 0.0946. The number of carbonyl (C=O) groups is 1. The predicted octanol–water partition coefficient (Wildman–Crippen LogP) is 1.98. The maximum Gasteiger partial charge on any atom is 0.270 e. The van der Waals surface area contributed by atoms with E-state index in [4.69, 9.17) is 17.3 Å². The van der Waals surface area contributed by atoms with Crippen molar-refractivity contribution in [1.29, 1.82) is 0 Å². The summed E-state index contributed by atoms with van der Waals surface area (Å²) >= 11 is 6.03. The van der Waals surface area contributed by atoms with Crippen molar-refractivity contribution in [2.24, 2.45) is 5.73 Å². The van der Waals surface area contributed by atoms with E-state index in [1.807, 2.05) is 18.2 Å². The van der Waals surface area contributed by atoms with Gasteiger partial charge in [-0.3, -0.25) is 4.79 Å². The van der Waals surface area contributed by atoms with E-state index in [1.165, 1.54) is 0 Å². The van der Waals surface area contributed by atoms with E-state index in [1.54, 1.807) is 24.4 Å². The summed E-state index contributed by atoms with van der Waals surface area (Å²) in [6, 6.07) is 10.7. The molecule has 0 atom stereocenters. The molecule has 0 bridgehead atoms. The molecule has 2 aromatic rings. The van der Waals surface area contributed by atoms with Gasteiger partial charge in [-0.15, -0.1) is 0 Å². The number of nitrogens with one attached hydrogen (secondary N) is 1. The highest BCUT2D eigenvalue weighted by Gasteiger charge is 2.07. The lowest BCUT2D eigenvalue weighted by Gasteiger charge is -2.06. The lowest BCUT2D eigenvalue weighted by Crippen LogP contribution is -2.23. The molecule has 0 spiro atoms. The Kier molecular flexibility index (Phi) is 5.33.